The van der Waals surface area contributed by atoms with Crippen molar-refractivity contribution in [2.75, 3.05) is 25.5 Å². The van der Waals surface area contributed by atoms with E-state index in [4.69, 9.17) is 0 Å². The van der Waals surface area contributed by atoms with Crippen LogP contribution in [-0.2, 0) is 0 Å². The number of hydrogen-bond acceptors (Lipinski definition) is 5. The maximum Gasteiger partial charge on any atom is 0.277 e. The van der Waals surface area contributed by atoms with Crippen LogP contribution in [0.15, 0.2) is 30.6 Å². The van der Waals surface area contributed by atoms with Crippen LogP contribution in [0, 0.1) is 10.1 Å². The van der Waals surface area contributed by atoms with Gasteiger partial charge in [0.1, 0.15) is 0 Å². The van der Waals surface area contributed by atoms with E-state index >= 15 is 0 Å². The number of pyridine rings is 1. The minimum atomic E-state index is -0.362. The Labute approximate surface area is 123 Å². The highest BCUT2D eigenvalue weighted by molar-refractivity contribution is 5.99. The molecule has 2 aromatic rings. The number of nitrogens with zero attached hydrogens (tertiary/aromatic N) is 3. The molecule has 1 aromatic carbocycles. The summed E-state index contributed by atoms with van der Waals surface area (Å²) < 4.78 is 0. The first kappa shape index (κ1) is 15.2. The number of anilines is 1. The first-order valence-corrected chi connectivity index (χ1v) is 6.96. The van der Waals surface area contributed by atoms with Gasteiger partial charge in [-0.3, -0.25) is 15.1 Å². The standard InChI is InChI=1S/C15H20N4O2/c1-11(2)18(3)9-8-17-14-4-5-15(19(20)21)12-6-7-16-10-13(12)14/h4-7,10-11,17H,8-9H2,1-3H3. The summed E-state index contributed by atoms with van der Waals surface area (Å²) >= 11 is 0. The summed E-state index contributed by atoms with van der Waals surface area (Å²) in [6, 6.07) is 5.45. The minimum absolute atomic E-state index is 0.109. The first-order chi connectivity index (χ1) is 10.0. The number of non-ortho nitro benzene ring substituents is 1. The highest BCUT2D eigenvalue weighted by Gasteiger charge is 2.14. The second kappa shape index (κ2) is 6.49. The molecule has 6 heteroatoms. The maximum atomic E-state index is 11.1. The van der Waals surface area contributed by atoms with Gasteiger partial charge in [-0.2, -0.15) is 0 Å². The lowest BCUT2D eigenvalue weighted by Crippen LogP contribution is -2.31. The fourth-order valence-corrected chi connectivity index (χ4v) is 2.11. The summed E-state index contributed by atoms with van der Waals surface area (Å²) in [6.45, 7) is 5.96. The fraction of sp³-hybridized carbons (Fsp3) is 0.400. The lowest BCUT2D eigenvalue weighted by atomic mass is 10.1. The molecule has 0 unspecified atom stereocenters. The van der Waals surface area contributed by atoms with Crippen molar-refractivity contribution < 1.29 is 4.92 Å². The maximum absolute atomic E-state index is 11.1. The normalized spacial score (nSPS) is 11.3. The minimum Gasteiger partial charge on any atom is -0.383 e. The molecule has 0 fully saturated rings. The van der Waals surface area contributed by atoms with E-state index in [-0.39, 0.29) is 10.6 Å². The summed E-state index contributed by atoms with van der Waals surface area (Å²) in [5.74, 6) is 0. The molecular formula is C15H20N4O2. The molecule has 0 saturated carbocycles. The van der Waals surface area contributed by atoms with Gasteiger partial charge in [0, 0.05) is 48.7 Å². The largest absolute Gasteiger partial charge is 0.383 e. The molecular weight excluding hydrogens is 268 g/mol. The zero-order chi connectivity index (χ0) is 15.4. The third-order valence-electron chi connectivity index (χ3n) is 3.65. The van der Waals surface area contributed by atoms with Gasteiger partial charge >= 0.3 is 0 Å². The monoisotopic (exact) mass is 288 g/mol. The number of nitro benzene ring substituents is 1. The van der Waals surface area contributed by atoms with Crippen LogP contribution in [0.25, 0.3) is 10.8 Å². The third kappa shape index (κ3) is 3.46. The molecule has 112 valence electrons. The molecule has 1 aromatic heterocycles. The number of rotatable bonds is 6. The molecule has 0 aliphatic heterocycles. The Kier molecular flexibility index (Phi) is 4.70. The Balaban J connectivity index is 2.22. The van der Waals surface area contributed by atoms with Gasteiger partial charge in [0.2, 0.25) is 0 Å². The smallest absolute Gasteiger partial charge is 0.277 e. The van der Waals surface area contributed by atoms with Crippen molar-refractivity contribution in [3.05, 3.63) is 40.7 Å². The van der Waals surface area contributed by atoms with Crippen LogP contribution in [0.5, 0.6) is 0 Å². The molecule has 1 N–H and O–H groups in total. The number of nitro groups is 1. The highest BCUT2D eigenvalue weighted by Crippen LogP contribution is 2.30. The van der Waals surface area contributed by atoms with E-state index in [0.717, 1.165) is 24.2 Å². The lowest BCUT2D eigenvalue weighted by molar-refractivity contribution is -0.383. The molecule has 0 radical (unpaired) electrons. The van der Waals surface area contributed by atoms with Crippen LogP contribution < -0.4 is 5.32 Å². The van der Waals surface area contributed by atoms with Gasteiger partial charge in [-0.1, -0.05) is 0 Å². The number of fused-ring (bicyclic) bond motifs is 1. The summed E-state index contributed by atoms with van der Waals surface area (Å²) in [5.41, 5.74) is 0.984. The van der Waals surface area contributed by atoms with Gasteiger partial charge in [-0.25, -0.2) is 0 Å². The van der Waals surface area contributed by atoms with Crippen LogP contribution in [0.2, 0.25) is 0 Å². The average Bonchev–Trinajstić information content (AvgIpc) is 2.46. The quantitative estimate of drug-likeness (QED) is 0.653. The van der Waals surface area contributed by atoms with Crippen LogP contribution in [0.3, 0.4) is 0 Å². The summed E-state index contributed by atoms with van der Waals surface area (Å²) in [7, 11) is 2.07. The zero-order valence-corrected chi connectivity index (χ0v) is 12.5. The van der Waals surface area contributed by atoms with Gasteiger partial charge < -0.3 is 10.2 Å². The van der Waals surface area contributed by atoms with Crippen LogP contribution in [0.4, 0.5) is 11.4 Å². The van der Waals surface area contributed by atoms with E-state index in [1.165, 1.54) is 6.07 Å². The van der Waals surface area contributed by atoms with E-state index in [9.17, 15) is 10.1 Å². The first-order valence-electron chi connectivity index (χ1n) is 6.96. The highest BCUT2D eigenvalue weighted by atomic mass is 16.6. The van der Waals surface area contributed by atoms with Crippen LogP contribution in [-0.4, -0.2) is 41.0 Å². The van der Waals surface area contributed by atoms with Crippen molar-refractivity contribution in [3.8, 4) is 0 Å². The predicted octanol–water partition coefficient (Wildman–Crippen LogP) is 2.90. The van der Waals surface area contributed by atoms with Gasteiger partial charge in [0.15, 0.2) is 0 Å². The Hall–Kier alpha value is -2.21. The van der Waals surface area contributed by atoms with Gasteiger partial charge in [0.25, 0.3) is 5.69 Å². The number of likely N-dealkylation sites (N-methyl/N-ethyl adjacent to an activating group) is 1. The number of hydrogen-bond donors (Lipinski definition) is 1. The molecule has 0 spiro atoms. The van der Waals surface area contributed by atoms with Crippen molar-refractivity contribution >= 4 is 22.1 Å². The predicted molar refractivity (Wildman–Crippen MR) is 84.7 cm³/mol. The molecule has 1 heterocycles. The van der Waals surface area contributed by atoms with E-state index in [1.807, 2.05) is 0 Å². The fourth-order valence-electron chi connectivity index (χ4n) is 2.11. The molecule has 21 heavy (non-hydrogen) atoms. The Morgan fingerprint density at radius 1 is 1.33 bits per heavy atom. The van der Waals surface area contributed by atoms with E-state index in [1.54, 1.807) is 24.5 Å². The van der Waals surface area contributed by atoms with Gasteiger partial charge in [-0.15, -0.1) is 0 Å². The van der Waals surface area contributed by atoms with Crippen molar-refractivity contribution in [3.63, 3.8) is 0 Å². The van der Waals surface area contributed by atoms with Crippen LogP contribution >= 0.6 is 0 Å². The number of aromatic nitrogens is 1. The summed E-state index contributed by atoms with van der Waals surface area (Å²) in [4.78, 5) is 17.0. The molecule has 0 bridgehead atoms. The van der Waals surface area contributed by atoms with Crippen molar-refractivity contribution in [2.24, 2.45) is 0 Å². The molecule has 2 rings (SSSR count). The van der Waals surface area contributed by atoms with Crippen molar-refractivity contribution in [1.29, 1.82) is 0 Å². The Morgan fingerprint density at radius 3 is 2.76 bits per heavy atom. The van der Waals surface area contributed by atoms with Crippen molar-refractivity contribution in [1.82, 2.24) is 9.88 Å². The Bertz CT molecular complexity index is 643. The lowest BCUT2D eigenvalue weighted by Gasteiger charge is -2.21. The van der Waals surface area contributed by atoms with Crippen molar-refractivity contribution in [2.45, 2.75) is 19.9 Å². The molecule has 0 atom stereocenters. The molecule has 0 aliphatic carbocycles. The topological polar surface area (TPSA) is 71.3 Å². The number of nitrogens with one attached hydrogen (secondary N) is 1. The molecule has 0 amide bonds. The molecule has 0 aliphatic rings. The third-order valence-corrected chi connectivity index (χ3v) is 3.65. The SMILES string of the molecule is CC(C)N(C)CCNc1ccc([N+](=O)[O-])c2ccncc12. The van der Waals surface area contributed by atoms with Gasteiger partial charge in [0.05, 0.1) is 10.3 Å². The van der Waals surface area contributed by atoms with E-state index in [2.05, 4.69) is 36.1 Å². The van der Waals surface area contributed by atoms with E-state index < -0.39 is 0 Å². The number of benzene rings is 1. The van der Waals surface area contributed by atoms with Crippen LogP contribution in [0.1, 0.15) is 13.8 Å². The summed E-state index contributed by atoms with van der Waals surface area (Å²) in [6.07, 6.45) is 3.24. The summed E-state index contributed by atoms with van der Waals surface area (Å²) in [5, 5.41) is 15.8. The van der Waals surface area contributed by atoms with Gasteiger partial charge in [-0.05, 0) is 33.0 Å². The van der Waals surface area contributed by atoms with E-state index in [0.29, 0.717) is 11.4 Å². The second-order valence-corrected chi connectivity index (χ2v) is 5.31. The molecule has 6 nitrogen and oxygen atoms in total. The Morgan fingerprint density at radius 2 is 2.10 bits per heavy atom. The molecule has 0 saturated heterocycles. The average molecular weight is 288 g/mol. The second-order valence-electron chi connectivity index (χ2n) is 5.31. The zero-order valence-electron chi connectivity index (χ0n) is 12.5.